The predicted octanol–water partition coefficient (Wildman–Crippen LogP) is 1.77. The fraction of sp³-hybridized carbons (Fsp3) is 0.750. The van der Waals surface area contributed by atoms with Crippen LogP contribution in [0.3, 0.4) is 0 Å². The third kappa shape index (κ3) is 2.21. The molecular weight excluding hydrogens is 268 g/mol. The molecule has 2 unspecified atom stereocenters. The van der Waals surface area contributed by atoms with Gasteiger partial charge in [-0.3, -0.25) is 0 Å². The van der Waals surface area contributed by atoms with E-state index in [-0.39, 0.29) is 0 Å². The minimum atomic E-state index is -3.13. The van der Waals surface area contributed by atoms with Gasteiger partial charge in [0, 0.05) is 11.1 Å². The Hall–Kier alpha value is -0.460. The smallest absolute Gasteiger partial charge is 0.152 e. The number of nitrogens with two attached hydrogens (primary N) is 1. The summed E-state index contributed by atoms with van der Waals surface area (Å²) in [5.41, 5.74) is 6.68. The monoisotopic (exact) mass is 288 g/mol. The number of sulfone groups is 1. The highest BCUT2D eigenvalue weighted by Crippen LogP contribution is 2.42. The maximum Gasteiger partial charge on any atom is 0.152 e. The van der Waals surface area contributed by atoms with Crippen molar-refractivity contribution in [3.63, 3.8) is 0 Å². The average Bonchev–Trinajstić information content (AvgIpc) is 2.81. The van der Waals surface area contributed by atoms with Gasteiger partial charge in [-0.05, 0) is 32.6 Å². The zero-order valence-corrected chi connectivity index (χ0v) is 12.7. The Kier molecular flexibility index (Phi) is 3.55. The van der Waals surface area contributed by atoms with Crippen molar-refractivity contribution in [2.75, 3.05) is 6.26 Å². The van der Waals surface area contributed by atoms with Crippen LogP contribution < -0.4 is 5.73 Å². The summed E-state index contributed by atoms with van der Waals surface area (Å²) in [5, 5.41) is 0.310. The van der Waals surface area contributed by atoms with E-state index >= 15 is 0 Å². The van der Waals surface area contributed by atoms with Crippen LogP contribution in [0.5, 0.6) is 0 Å². The summed E-state index contributed by atoms with van der Waals surface area (Å²) in [7, 11) is -3.13. The molecule has 2 atom stereocenters. The maximum absolute atomic E-state index is 11.9. The highest BCUT2D eigenvalue weighted by molar-refractivity contribution is 7.91. The van der Waals surface area contributed by atoms with Crippen LogP contribution in [-0.4, -0.2) is 24.9 Å². The third-order valence-corrected chi connectivity index (χ3v) is 6.67. The Labute approximate surface area is 113 Å². The molecular formula is C12H20N2O2S2. The van der Waals surface area contributed by atoms with Crippen molar-refractivity contribution in [1.82, 2.24) is 4.98 Å². The van der Waals surface area contributed by atoms with Crippen LogP contribution in [-0.2, 0) is 21.8 Å². The quantitative estimate of drug-likeness (QED) is 0.920. The Morgan fingerprint density at radius 2 is 2.22 bits per heavy atom. The molecule has 18 heavy (non-hydrogen) atoms. The van der Waals surface area contributed by atoms with Gasteiger partial charge in [0.05, 0.1) is 16.5 Å². The van der Waals surface area contributed by atoms with Gasteiger partial charge in [0.25, 0.3) is 0 Å². The van der Waals surface area contributed by atoms with E-state index in [1.165, 1.54) is 6.26 Å². The van der Waals surface area contributed by atoms with Crippen molar-refractivity contribution in [1.29, 1.82) is 0 Å². The lowest BCUT2D eigenvalue weighted by atomic mass is 10.00. The zero-order chi connectivity index (χ0) is 13.6. The van der Waals surface area contributed by atoms with Crippen molar-refractivity contribution in [2.45, 2.75) is 50.3 Å². The lowest BCUT2D eigenvalue weighted by molar-refractivity contribution is 0.449. The molecule has 1 aliphatic rings. The van der Waals surface area contributed by atoms with Gasteiger partial charge < -0.3 is 5.73 Å². The highest BCUT2D eigenvalue weighted by Gasteiger charge is 2.48. The molecule has 1 heterocycles. The van der Waals surface area contributed by atoms with Gasteiger partial charge in [-0.1, -0.05) is 6.92 Å². The molecule has 0 bridgehead atoms. The van der Waals surface area contributed by atoms with Gasteiger partial charge in [0.2, 0.25) is 0 Å². The molecule has 1 aromatic rings. The minimum absolute atomic E-state index is 0.486. The number of aromatic nitrogens is 1. The van der Waals surface area contributed by atoms with E-state index in [2.05, 4.69) is 11.9 Å². The predicted molar refractivity (Wildman–Crippen MR) is 74.6 cm³/mol. The molecule has 0 spiro atoms. The molecule has 102 valence electrons. The summed E-state index contributed by atoms with van der Waals surface area (Å²) in [4.78, 5) is 5.72. The molecule has 2 rings (SSSR count). The maximum atomic E-state index is 11.9. The number of aryl methyl sites for hydroxylation is 2. The topological polar surface area (TPSA) is 73.0 Å². The fourth-order valence-electron chi connectivity index (χ4n) is 2.79. The number of hydrogen-bond donors (Lipinski definition) is 1. The molecule has 2 N–H and O–H groups in total. The van der Waals surface area contributed by atoms with Crippen molar-refractivity contribution < 1.29 is 8.42 Å². The van der Waals surface area contributed by atoms with Crippen LogP contribution in [0.25, 0.3) is 0 Å². The first-order valence-corrected chi connectivity index (χ1v) is 9.00. The SMILES string of the molecule is CCc1nc(C2(N)CCCC2S(C)(=O)=O)sc1C. The van der Waals surface area contributed by atoms with Crippen molar-refractivity contribution >= 4 is 21.2 Å². The number of hydrogen-bond acceptors (Lipinski definition) is 5. The fourth-order valence-corrected chi connectivity index (χ4v) is 5.65. The standard InChI is InChI=1S/C12H20N2O2S2/c1-4-9-8(2)17-11(14-9)12(13)7-5-6-10(12)18(3,15)16/h10H,4-7,13H2,1-3H3. The third-order valence-electron chi connectivity index (χ3n) is 3.77. The molecule has 1 aliphatic carbocycles. The van der Waals surface area contributed by atoms with Crippen molar-refractivity contribution in [3.8, 4) is 0 Å². The summed E-state index contributed by atoms with van der Waals surface area (Å²) in [5.74, 6) is 0. The summed E-state index contributed by atoms with van der Waals surface area (Å²) in [6.07, 6.45) is 4.36. The largest absolute Gasteiger partial charge is 0.318 e. The normalized spacial score (nSPS) is 28.8. The summed E-state index contributed by atoms with van der Waals surface area (Å²) < 4.78 is 23.8. The Morgan fingerprint density at radius 1 is 1.56 bits per heavy atom. The van der Waals surface area contributed by atoms with Crippen LogP contribution in [0, 0.1) is 6.92 Å². The zero-order valence-electron chi connectivity index (χ0n) is 11.1. The molecule has 6 heteroatoms. The van der Waals surface area contributed by atoms with Gasteiger partial charge in [-0.15, -0.1) is 11.3 Å². The molecule has 0 amide bonds. The van der Waals surface area contributed by atoms with E-state index in [0.717, 1.165) is 28.4 Å². The van der Waals surface area contributed by atoms with Gasteiger partial charge in [0.15, 0.2) is 9.84 Å². The molecule has 0 saturated heterocycles. The summed E-state index contributed by atoms with van der Waals surface area (Å²) >= 11 is 1.55. The second-order valence-corrected chi connectivity index (χ2v) is 8.56. The van der Waals surface area contributed by atoms with E-state index in [1.54, 1.807) is 11.3 Å². The van der Waals surface area contributed by atoms with E-state index in [1.807, 2.05) is 6.92 Å². The van der Waals surface area contributed by atoms with Gasteiger partial charge >= 0.3 is 0 Å². The van der Waals surface area contributed by atoms with Crippen LogP contribution in [0.15, 0.2) is 0 Å². The lowest BCUT2D eigenvalue weighted by Crippen LogP contribution is -2.47. The molecule has 0 aromatic carbocycles. The van der Waals surface area contributed by atoms with Gasteiger partial charge in [-0.25, -0.2) is 13.4 Å². The van der Waals surface area contributed by atoms with E-state index in [0.29, 0.717) is 12.8 Å². The first-order chi connectivity index (χ1) is 8.29. The minimum Gasteiger partial charge on any atom is -0.318 e. The Bertz CT molecular complexity index is 550. The summed E-state index contributed by atoms with van der Waals surface area (Å²) in [6.45, 7) is 4.07. The van der Waals surface area contributed by atoms with Crippen LogP contribution in [0.4, 0.5) is 0 Å². The van der Waals surface area contributed by atoms with E-state index in [9.17, 15) is 8.42 Å². The molecule has 1 fully saturated rings. The molecule has 4 nitrogen and oxygen atoms in total. The van der Waals surface area contributed by atoms with Crippen molar-refractivity contribution in [2.24, 2.45) is 5.73 Å². The lowest BCUT2D eigenvalue weighted by Gasteiger charge is -2.27. The molecule has 0 radical (unpaired) electrons. The summed E-state index contributed by atoms with van der Waals surface area (Å²) in [6, 6.07) is 0. The Morgan fingerprint density at radius 3 is 2.72 bits per heavy atom. The van der Waals surface area contributed by atoms with Gasteiger partial charge in [0.1, 0.15) is 5.01 Å². The second-order valence-electron chi connectivity index (χ2n) is 5.13. The van der Waals surface area contributed by atoms with Crippen LogP contribution >= 0.6 is 11.3 Å². The van der Waals surface area contributed by atoms with Crippen molar-refractivity contribution in [3.05, 3.63) is 15.6 Å². The number of rotatable bonds is 3. The molecule has 0 aliphatic heterocycles. The first-order valence-electron chi connectivity index (χ1n) is 6.23. The van der Waals surface area contributed by atoms with E-state index < -0.39 is 20.6 Å². The highest BCUT2D eigenvalue weighted by atomic mass is 32.2. The van der Waals surface area contributed by atoms with Crippen LogP contribution in [0.2, 0.25) is 0 Å². The van der Waals surface area contributed by atoms with Crippen LogP contribution in [0.1, 0.15) is 41.8 Å². The second kappa shape index (κ2) is 4.58. The first kappa shape index (κ1) is 14.0. The number of thiazole rings is 1. The average molecular weight is 288 g/mol. The van der Waals surface area contributed by atoms with E-state index in [4.69, 9.17) is 5.73 Å². The van der Waals surface area contributed by atoms with Gasteiger partial charge in [-0.2, -0.15) is 0 Å². The number of nitrogens with zero attached hydrogens (tertiary/aromatic N) is 1. The molecule has 1 aromatic heterocycles. The molecule has 1 saturated carbocycles. The Balaban J connectivity index is 2.46.